The number of thiophene rings is 1. The first-order chi connectivity index (χ1) is 11.2. The maximum absolute atomic E-state index is 13.1. The van der Waals surface area contributed by atoms with Crippen molar-refractivity contribution in [2.45, 2.75) is 31.1 Å². The largest absolute Gasteiger partial charge is 0.370 e. The van der Waals surface area contributed by atoms with Gasteiger partial charge in [0.1, 0.15) is 5.82 Å². The minimum Gasteiger partial charge on any atom is -0.370 e. The number of guanidine groups is 1. The van der Waals surface area contributed by atoms with Crippen molar-refractivity contribution < 1.29 is 4.39 Å². The Bertz CT molecular complexity index is 651. The molecule has 0 amide bonds. The summed E-state index contributed by atoms with van der Waals surface area (Å²) >= 11 is 1.75. The number of nitrogens with two attached hydrogens (primary N) is 1. The molecule has 0 radical (unpaired) electrons. The average Bonchev–Trinajstić information content (AvgIpc) is 3.01. The summed E-state index contributed by atoms with van der Waals surface area (Å²) in [5.41, 5.74) is 7.19. The van der Waals surface area contributed by atoms with Gasteiger partial charge in [-0.2, -0.15) is 0 Å². The molecule has 2 aromatic rings. The van der Waals surface area contributed by atoms with E-state index in [1.165, 1.54) is 29.0 Å². The van der Waals surface area contributed by atoms with Crippen LogP contribution in [0.4, 0.5) is 4.39 Å². The summed E-state index contributed by atoms with van der Waals surface area (Å²) in [6, 6.07) is 11.0. The maximum Gasteiger partial charge on any atom is 0.188 e. The molecule has 1 saturated carbocycles. The Labute approximate surface area is 163 Å². The molecule has 6 heteroatoms. The van der Waals surface area contributed by atoms with E-state index in [2.05, 4.69) is 27.8 Å². The third-order valence-electron chi connectivity index (χ3n) is 4.58. The molecule has 1 aromatic carbocycles. The van der Waals surface area contributed by atoms with Crippen LogP contribution in [0.2, 0.25) is 0 Å². The number of hydrogen-bond acceptors (Lipinski definition) is 2. The van der Waals surface area contributed by atoms with Gasteiger partial charge in [-0.25, -0.2) is 4.39 Å². The fourth-order valence-electron chi connectivity index (χ4n) is 3.01. The van der Waals surface area contributed by atoms with E-state index in [9.17, 15) is 4.39 Å². The maximum atomic E-state index is 13.1. The molecule has 0 bridgehead atoms. The van der Waals surface area contributed by atoms with Crippen LogP contribution in [-0.4, -0.2) is 19.0 Å². The molecule has 0 aliphatic heterocycles. The van der Waals surface area contributed by atoms with Gasteiger partial charge in [0.05, 0.1) is 6.54 Å². The summed E-state index contributed by atoms with van der Waals surface area (Å²) in [6.45, 7) is 1.45. The van der Waals surface area contributed by atoms with Gasteiger partial charge in [0, 0.05) is 16.8 Å². The summed E-state index contributed by atoms with van der Waals surface area (Å²) in [5, 5.41) is 5.26. The molecular weight excluding hydrogens is 436 g/mol. The average molecular weight is 459 g/mol. The van der Waals surface area contributed by atoms with Crippen LogP contribution >= 0.6 is 35.3 Å². The van der Waals surface area contributed by atoms with Gasteiger partial charge in [-0.1, -0.05) is 24.6 Å². The molecular formula is C18H23FIN3S. The minimum atomic E-state index is -0.193. The first-order valence-corrected chi connectivity index (χ1v) is 8.88. The van der Waals surface area contributed by atoms with Crippen LogP contribution in [0.1, 0.15) is 29.7 Å². The van der Waals surface area contributed by atoms with Crippen LogP contribution in [0.25, 0.3) is 0 Å². The van der Waals surface area contributed by atoms with Crippen molar-refractivity contribution in [1.29, 1.82) is 0 Å². The highest BCUT2D eigenvalue weighted by atomic mass is 127. The third-order valence-corrected chi connectivity index (χ3v) is 5.51. The minimum absolute atomic E-state index is 0. The monoisotopic (exact) mass is 459 g/mol. The van der Waals surface area contributed by atoms with Crippen LogP contribution in [0, 0.1) is 5.82 Å². The van der Waals surface area contributed by atoms with Gasteiger partial charge in [-0.05, 0) is 48.4 Å². The Morgan fingerprint density at radius 3 is 2.58 bits per heavy atom. The van der Waals surface area contributed by atoms with Crippen molar-refractivity contribution in [2.75, 3.05) is 13.1 Å². The van der Waals surface area contributed by atoms with Crippen LogP contribution < -0.4 is 11.1 Å². The lowest BCUT2D eigenvalue weighted by molar-refractivity contribution is 0.253. The molecule has 3 N–H and O–H groups in total. The Morgan fingerprint density at radius 1 is 1.25 bits per heavy atom. The first kappa shape index (κ1) is 19.2. The normalized spacial score (nSPS) is 16.1. The molecule has 1 aliphatic carbocycles. The second-order valence-corrected chi connectivity index (χ2v) is 7.13. The number of rotatable bonds is 6. The van der Waals surface area contributed by atoms with E-state index in [1.54, 1.807) is 11.3 Å². The summed E-state index contributed by atoms with van der Waals surface area (Å²) in [5.74, 6) is 0.302. The van der Waals surface area contributed by atoms with Crippen LogP contribution in [0.5, 0.6) is 0 Å². The van der Waals surface area contributed by atoms with E-state index < -0.39 is 0 Å². The zero-order valence-electron chi connectivity index (χ0n) is 13.5. The highest BCUT2D eigenvalue weighted by Gasteiger charge is 2.38. The van der Waals surface area contributed by atoms with Crippen LogP contribution in [0.15, 0.2) is 46.8 Å². The van der Waals surface area contributed by atoms with Gasteiger partial charge in [0.15, 0.2) is 5.96 Å². The van der Waals surface area contributed by atoms with E-state index in [-0.39, 0.29) is 35.2 Å². The van der Waals surface area contributed by atoms with Gasteiger partial charge < -0.3 is 11.1 Å². The molecule has 3 rings (SSSR count). The molecule has 0 saturated heterocycles. The second-order valence-electron chi connectivity index (χ2n) is 6.10. The first-order valence-electron chi connectivity index (χ1n) is 8.00. The van der Waals surface area contributed by atoms with Crippen LogP contribution in [0.3, 0.4) is 0 Å². The SMILES string of the molecule is I.NC(=NCC1(c2ccc(F)cc2)CCC1)NCCc1cccs1. The molecule has 1 heterocycles. The predicted octanol–water partition coefficient (Wildman–Crippen LogP) is 4.07. The Hall–Kier alpha value is -1.15. The Kier molecular flexibility index (Phi) is 7.03. The fraction of sp³-hybridized carbons (Fsp3) is 0.389. The Morgan fingerprint density at radius 2 is 2.00 bits per heavy atom. The van der Waals surface area contributed by atoms with Crippen molar-refractivity contribution in [3.8, 4) is 0 Å². The van der Waals surface area contributed by atoms with Crippen molar-refractivity contribution in [2.24, 2.45) is 10.7 Å². The van der Waals surface area contributed by atoms with Gasteiger partial charge in [0.2, 0.25) is 0 Å². The number of nitrogens with one attached hydrogen (secondary N) is 1. The highest BCUT2D eigenvalue weighted by molar-refractivity contribution is 14.0. The van der Waals surface area contributed by atoms with Crippen LogP contribution in [-0.2, 0) is 11.8 Å². The lowest BCUT2D eigenvalue weighted by Gasteiger charge is -2.41. The quantitative estimate of drug-likeness (QED) is 0.389. The molecule has 0 unspecified atom stereocenters. The van der Waals surface area contributed by atoms with Gasteiger partial charge >= 0.3 is 0 Å². The van der Waals surface area contributed by atoms with Crippen molar-refractivity contribution >= 4 is 41.3 Å². The van der Waals surface area contributed by atoms with Gasteiger partial charge in [-0.15, -0.1) is 35.3 Å². The molecule has 1 fully saturated rings. The third kappa shape index (κ3) is 4.69. The number of benzene rings is 1. The fourth-order valence-corrected chi connectivity index (χ4v) is 3.72. The standard InChI is InChI=1S/C18H22FN3S.HI/c19-15-6-4-14(5-7-15)18(9-2-10-18)13-22-17(20)21-11-8-16-3-1-12-23-16;/h1,3-7,12H,2,8-11,13H2,(H3,20,21,22);1H. The molecule has 1 aliphatic rings. The summed E-state index contributed by atoms with van der Waals surface area (Å²) in [7, 11) is 0. The molecule has 1 aromatic heterocycles. The molecule has 130 valence electrons. The lowest BCUT2D eigenvalue weighted by Crippen LogP contribution is -2.40. The second kappa shape index (κ2) is 8.80. The number of halogens is 2. The zero-order chi connectivity index (χ0) is 16.1. The highest BCUT2D eigenvalue weighted by Crippen LogP contribution is 2.43. The van der Waals surface area contributed by atoms with Crippen molar-refractivity contribution in [3.63, 3.8) is 0 Å². The lowest BCUT2D eigenvalue weighted by atomic mass is 9.64. The van der Waals surface area contributed by atoms with E-state index >= 15 is 0 Å². The summed E-state index contributed by atoms with van der Waals surface area (Å²) in [6.07, 6.45) is 4.32. The molecule has 24 heavy (non-hydrogen) atoms. The number of aliphatic imine (C=N–C) groups is 1. The zero-order valence-corrected chi connectivity index (χ0v) is 16.6. The smallest absolute Gasteiger partial charge is 0.188 e. The molecule has 0 atom stereocenters. The molecule has 0 spiro atoms. The molecule has 3 nitrogen and oxygen atoms in total. The van der Waals surface area contributed by atoms with Crippen molar-refractivity contribution in [3.05, 3.63) is 58.0 Å². The van der Waals surface area contributed by atoms with E-state index in [0.29, 0.717) is 12.5 Å². The topological polar surface area (TPSA) is 50.4 Å². The predicted molar refractivity (Wildman–Crippen MR) is 110 cm³/mol. The number of nitrogens with zero attached hydrogens (tertiary/aromatic N) is 1. The summed E-state index contributed by atoms with van der Waals surface area (Å²) in [4.78, 5) is 5.87. The summed E-state index contributed by atoms with van der Waals surface area (Å²) < 4.78 is 13.1. The van der Waals surface area contributed by atoms with Gasteiger partial charge in [0.25, 0.3) is 0 Å². The number of hydrogen-bond donors (Lipinski definition) is 2. The van der Waals surface area contributed by atoms with E-state index in [0.717, 1.165) is 25.8 Å². The van der Waals surface area contributed by atoms with E-state index in [4.69, 9.17) is 5.73 Å². The van der Waals surface area contributed by atoms with E-state index in [1.807, 2.05) is 12.1 Å². The van der Waals surface area contributed by atoms with Crippen molar-refractivity contribution in [1.82, 2.24) is 5.32 Å². The van der Waals surface area contributed by atoms with Gasteiger partial charge in [-0.3, -0.25) is 4.99 Å². The Balaban J connectivity index is 0.00000208.